The van der Waals surface area contributed by atoms with E-state index < -0.39 is 7.82 Å². The largest absolute Gasteiger partial charge is 0.474 e. The standard InChI is InChI=1S/C28H59O5P/c1-3-5-7-9-11-13-15-17-19-21-23-26-31-34(30,33-28-25-29)32-27-24-22-20-18-16-14-12-10-8-6-4-2/h29H,3-28H2,1-2H3. The molecule has 0 aromatic heterocycles. The fourth-order valence-electron chi connectivity index (χ4n) is 4.15. The van der Waals surface area contributed by atoms with Crippen LogP contribution in [0.15, 0.2) is 0 Å². The third-order valence-corrected chi connectivity index (χ3v) is 7.83. The van der Waals surface area contributed by atoms with Gasteiger partial charge in [0.2, 0.25) is 0 Å². The summed E-state index contributed by atoms with van der Waals surface area (Å²) in [5.41, 5.74) is 0. The van der Waals surface area contributed by atoms with Crippen molar-refractivity contribution in [1.29, 1.82) is 0 Å². The van der Waals surface area contributed by atoms with Crippen LogP contribution in [0.3, 0.4) is 0 Å². The maximum absolute atomic E-state index is 12.8. The first-order valence-corrected chi connectivity index (χ1v) is 16.3. The molecule has 0 saturated heterocycles. The molecule has 1 N–H and O–H groups in total. The van der Waals surface area contributed by atoms with Gasteiger partial charge in [0.05, 0.1) is 26.4 Å². The Balaban J connectivity index is 3.68. The highest BCUT2D eigenvalue weighted by molar-refractivity contribution is 7.48. The van der Waals surface area contributed by atoms with Gasteiger partial charge in [0.15, 0.2) is 0 Å². The molecule has 0 heterocycles. The normalized spacial score (nSPS) is 12.0. The van der Waals surface area contributed by atoms with E-state index in [0.717, 1.165) is 25.7 Å². The minimum atomic E-state index is -3.56. The van der Waals surface area contributed by atoms with Crippen molar-refractivity contribution in [2.24, 2.45) is 0 Å². The molecule has 0 amide bonds. The summed E-state index contributed by atoms with van der Waals surface area (Å²) >= 11 is 0. The average molecular weight is 507 g/mol. The van der Waals surface area contributed by atoms with Crippen LogP contribution in [0.5, 0.6) is 0 Å². The maximum atomic E-state index is 12.8. The number of hydrogen-bond donors (Lipinski definition) is 1. The minimum Gasteiger partial charge on any atom is -0.394 e. The van der Waals surface area contributed by atoms with Crippen LogP contribution in [0.1, 0.15) is 155 Å². The van der Waals surface area contributed by atoms with Gasteiger partial charge in [0, 0.05) is 0 Å². The topological polar surface area (TPSA) is 65.0 Å². The van der Waals surface area contributed by atoms with E-state index in [-0.39, 0.29) is 13.2 Å². The van der Waals surface area contributed by atoms with Gasteiger partial charge in [-0.15, -0.1) is 0 Å². The number of unbranched alkanes of at least 4 members (excludes halogenated alkanes) is 20. The van der Waals surface area contributed by atoms with Gasteiger partial charge in [-0.25, -0.2) is 4.57 Å². The van der Waals surface area contributed by atoms with Crippen LogP contribution in [-0.2, 0) is 18.1 Å². The monoisotopic (exact) mass is 506 g/mol. The summed E-state index contributed by atoms with van der Waals surface area (Å²) in [5.74, 6) is 0. The summed E-state index contributed by atoms with van der Waals surface area (Å²) in [6.45, 7) is 5.08. The molecule has 0 radical (unpaired) electrons. The fourth-order valence-corrected chi connectivity index (χ4v) is 5.38. The molecule has 0 aromatic rings. The molecule has 6 heteroatoms. The Bertz CT molecular complexity index is 401. The predicted molar refractivity (Wildman–Crippen MR) is 145 cm³/mol. The molecule has 0 fully saturated rings. The Morgan fingerprint density at radius 2 is 0.706 bits per heavy atom. The molecule has 0 unspecified atom stereocenters. The van der Waals surface area contributed by atoms with Gasteiger partial charge in [0.1, 0.15) is 0 Å². The van der Waals surface area contributed by atoms with Crippen molar-refractivity contribution >= 4 is 7.82 Å². The molecule has 0 aliphatic heterocycles. The SMILES string of the molecule is CCCCCCCCCCCCCOP(=O)(OCCO)OCCCCCCCCCCCCC. The Morgan fingerprint density at radius 1 is 0.441 bits per heavy atom. The smallest absolute Gasteiger partial charge is 0.394 e. The summed E-state index contributed by atoms with van der Waals surface area (Å²) in [4.78, 5) is 0. The zero-order chi connectivity index (χ0) is 25.0. The van der Waals surface area contributed by atoms with Crippen molar-refractivity contribution in [3.05, 3.63) is 0 Å². The highest BCUT2D eigenvalue weighted by Crippen LogP contribution is 2.49. The fraction of sp³-hybridized carbons (Fsp3) is 1.00. The number of hydrogen-bond acceptors (Lipinski definition) is 5. The van der Waals surface area contributed by atoms with Gasteiger partial charge in [0.25, 0.3) is 0 Å². The van der Waals surface area contributed by atoms with Gasteiger partial charge >= 0.3 is 7.82 Å². The first kappa shape index (κ1) is 34.1. The van der Waals surface area contributed by atoms with E-state index in [1.54, 1.807) is 0 Å². The summed E-state index contributed by atoms with van der Waals surface area (Å²) in [6.07, 6.45) is 27.7. The second-order valence-corrected chi connectivity index (χ2v) is 11.4. The highest BCUT2D eigenvalue weighted by atomic mass is 31.2. The molecule has 5 nitrogen and oxygen atoms in total. The molecular weight excluding hydrogens is 447 g/mol. The molecular formula is C28H59O5P. The third kappa shape index (κ3) is 25.2. The van der Waals surface area contributed by atoms with E-state index >= 15 is 0 Å². The van der Waals surface area contributed by atoms with Crippen molar-refractivity contribution < 1.29 is 23.2 Å². The molecule has 0 aliphatic carbocycles. The molecule has 206 valence electrons. The molecule has 0 aromatic carbocycles. The van der Waals surface area contributed by atoms with Crippen LogP contribution in [0.25, 0.3) is 0 Å². The van der Waals surface area contributed by atoms with Crippen molar-refractivity contribution in [2.45, 2.75) is 155 Å². The van der Waals surface area contributed by atoms with E-state index in [9.17, 15) is 4.57 Å². The summed E-state index contributed by atoms with van der Waals surface area (Å²) < 4.78 is 29.0. The Hall–Kier alpha value is 0.0700. The van der Waals surface area contributed by atoms with Crippen LogP contribution in [0.2, 0.25) is 0 Å². The third-order valence-electron chi connectivity index (χ3n) is 6.34. The van der Waals surface area contributed by atoms with E-state index in [0.29, 0.717) is 13.2 Å². The van der Waals surface area contributed by atoms with E-state index in [2.05, 4.69) is 13.8 Å². The zero-order valence-electron chi connectivity index (χ0n) is 22.9. The minimum absolute atomic E-state index is 0.0200. The predicted octanol–water partition coefficient (Wildman–Crippen LogP) is 9.76. The number of aliphatic hydroxyl groups excluding tert-OH is 1. The second kappa shape index (κ2) is 27.7. The summed E-state index contributed by atoms with van der Waals surface area (Å²) in [5, 5.41) is 9.02. The number of phosphoric ester groups is 1. The molecule has 0 bridgehead atoms. The number of aliphatic hydroxyl groups is 1. The first-order chi connectivity index (χ1) is 16.7. The van der Waals surface area contributed by atoms with Crippen LogP contribution in [-0.4, -0.2) is 31.5 Å². The number of rotatable bonds is 29. The highest BCUT2D eigenvalue weighted by Gasteiger charge is 2.26. The van der Waals surface area contributed by atoms with Crippen LogP contribution in [0.4, 0.5) is 0 Å². The van der Waals surface area contributed by atoms with Crippen molar-refractivity contribution in [3.8, 4) is 0 Å². The first-order valence-electron chi connectivity index (χ1n) is 14.8. The van der Waals surface area contributed by atoms with Gasteiger partial charge in [-0.05, 0) is 12.8 Å². The molecule has 0 rings (SSSR count). The Labute approximate surface area is 212 Å². The lowest BCUT2D eigenvalue weighted by molar-refractivity contribution is 0.0936. The van der Waals surface area contributed by atoms with Gasteiger partial charge < -0.3 is 5.11 Å². The van der Waals surface area contributed by atoms with Crippen molar-refractivity contribution in [3.63, 3.8) is 0 Å². The molecule has 0 atom stereocenters. The molecule has 34 heavy (non-hydrogen) atoms. The van der Waals surface area contributed by atoms with Crippen molar-refractivity contribution in [1.82, 2.24) is 0 Å². The lowest BCUT2D eigenvalue weighted by atomic mass is 10.1. The van der Waals surface area contributed by atoms with Crippen molar-refractivity contribution in [2.75, 3.05) is 26.4 Å². The maximum Gasteiger partial charge on any atom is 0.474 e. The van der Waals surface area contributed by atoms with Crippen LogP contribution in [0, 0.1) is 0 Å². The molecule has 0 spiro atoms. The van der Waals surface area contributed by atoms with Gasteiger partial charge in [-0.1, -0.05) is 142 Å². The average Bonchev–Trinajstić information content (AvgIpc) is 2.84. The molecule has 0 saturated carbocycles. The van der Waals surface area contributed by atoms with E-state index in [1.807, 2.05) is 0 Å². The Kier molecular flexibility index (Phi) is 27.7. The van der Waals surface area contributed by atoms with E-state index in [4.69, 9.17) is 18.7 Å². The lowest BCUT2D eigenvalue weighted by Crippen LogP contribution is -2.06. The zero-order valence-corrected chi connectivity index (χ0v) is 23.8. The van der Waals surface area contributed by atoms with Crippen LogP contribution >= 0.6 is 7.82 Å². The molecule has 0 aliphatic rings. The summed E-state index contributed by atoms with van der Waals surface area (Å²) in [6, 6.07) is 0. The quantitative estimate of drug-likeness (QED) is 0.0807. The number of phosphoric acid groups is 1. The van der Waals surface area contributed by atoms with E-state index in [1.165, 1.54) is 116 Å². The summed E-state index contributed by atoms with van der Waals surface area (Å²) in [7, 11) is -3.56. The van der Waals surface area contributed by atoms with Gasteiger partial charge in [-0.3, -0.25) is 13.6 Å². The lowest BCUT2D eigenvalue weighted by Gasteiger charge is -2.17. The van der Waals surface area contributed by atoms with Crippen LogP contribution < -0.4 is 0 Å². The van der Waals surface area contributed by atoms with Gasteiger partial charge in [-0.2, -0.15) is 0 Å². The Morgan fingerprint density at radius 3 is 1.00 bits per heavy atom. The second-order valence-electron chi connectivity index (χ2n) is 9.74.